The number of hydrazone groups is 1. The fourth-order valence-corrected chi connectivity index (χ4v) is 2.80. The number of nitrogens with one attached hydrogen (secondary N) is 1. The number of thioether (sulfide) groups is 1. The summed E-state index contributed by atoms with van der Waals surface area (Å²) in [6, 6.07) is 10.4. The van der Waals surface area contributed by atoms with Gasteiger partial charge >= 0.3 is 0 Å². The topological polar surface area (TPSA) is 84.6 Å². The average molecular weight is 382 g/mol. The second kappa shape index (κ2) is 9.14. The van der Waals surface area contributed by atoms with Crippen molar-refractivity contribution in [2.24, 2.45) is 5.10 Å². The minimum atomic E-state index is -0.530. The smallest absolute Gasteiger partial charge is 0.269 e. The highest BCUT2D eigenvalue weighted by molar-refractivity contribution is 7.99. The highest BCUT2D eigenvalue weighted by Crippen LogP contribution is 2.17. The van der Waals surface area contributed by atoms with Gasteiger partial charge in [0.05, 0.1) is 21.9 Å². The van der Waals surface area contributed by atoms with Crippen molar-refractivity contribution in [2.75, 3.05) is 5.75 Å². The van der Waals surface area contributed by atoms with Crippen LogP contribution >= 0.6 is 23.4 Å². The zero-order chi connectivity index (χ0) is 18.2. The molecule has 6 nitrogen and oxygen atoms in total. The van der Waals surface area contributed by atoms with Crippen molar-refractivity contribution in [3.63, 3.8) is 0 Å². The molecule has 0 saturated carbocycles. The number of nitrogens with zero attached hydrogens (tertiary/aromatic N) is 2. The fourth-order valence-electron chi connectivity index (χ4n) is 1.81. The number of benzene rings is 2. The summed E-state index contributed by atoms with van der Waals surface area (Å²) in [7, 11) is 0. The van der Waals surface area contributed by atoms with E-state index in [-0.39, 0.29) is 27.9 Å². The standard InChI is InChI=1S/C16H13ClFN3O3S/c17-14-2-1-3-15(18)13(14)8-19-20-16(22)10-25-9-11-4-6-12(7-5-11)21(23)24/h1-8H,9-10H2,(H,20,22)/b19-8+. The second-order valence-electron chi connectivity index (χ2n) is 4.84. The van der Waals surface area contributed by atoms with E-state index in [0.29, 0.717) is 5.75 Å². The van der Waals surface area contributed by atoms with E-state index in [0.717, 1.165) is 11.8 Å². The molecule has 0 unspecified atom stereocenters. The van der Waals surface area contributed by atoms with Gasteiger partial charge in [0, 0.05) is 23.4 Å². The van der Waals surface area contributed by atoms with Gasteiger partial charge in [-0.3, -0.25) is 14.9 Å². The van der Waals surface area contributed by atoms with Crippen LogP contribution in [0.15, 0.2) is 47.6 Å². The molecule has 0 aromatic heterocycles. The molecule has 0 aliphatic carbocycles. The van der Waals surface area contributed by atoms with Crippen LogP contribution in [0.3, 0.4) is 0 Å². The predicted octanol–water partition coefficient (Wildman–Crippen LogP) is 3.77. The Hall–Kier alpha value is -2.45. The van der Waals surface area contributed by atoms with Crippen molar-refractivity contribution in [3.05, 3.63) is 74.5 Å². The summed E-state index contributed by atoms with van der Waals surface area (Å²) in [5, 5.41) is 14.4. The lowest BCUT2D eigenvalue weighted by Gasteiger charge is -2.02. The zero-order valence-corrected chi connectivity index (χ0v) is 14.4. The molecular weight excluding hydrogens is 369 g/mol. The highest BCUT2D eigenvalue weighted by Gasteiger charge is 2.06. The minimum absolute atomic E-state index is 0.0210. The van der Waals surface area contributed by atoms with Gasteiger partial charge in [0.2, 0.25) is 5.91 Å². The average Bonchev–Trinajstić information content (AvgIpc) is 2.58. The summed E-state index contributed by atoms with van der Waals surface area (Å²) in [6.07, 6.45) is 1.15. The molecule has 130 valence electrons. The molecule has 0 fully saturated rings. The summed E-state index contributed by atoms with van der Waals surface area (Å²) >= 11 is 7.16. The van der Waals surface area contributed by atoms with E-state index in [1.165, 1.54) is 42.1 Å². The Balaban J connectivity index is 1.77. The maximum atomic E-state index is 13.5. The van der Waals surface area contributed by atoms with Crippen LogP contribution in [-0.4, -0.2) is 22.8 Å². The Morgan fingerprint density at radius 2 is 2.04 bits per heavy atom. The van der Waals surface area contributed by atoms with Gasteiger partial charge in [-0.1, -0.05) is 29.8 Å². The van der Waals surface area contributed by atoms with Gasteiger partial charge < -0.3 is 0 Å². The first-order chi connectivity index (χ1) is 12.0. The van der Waals surface area contributed by atoms with Gasteiger partial charge in [0.15, 0.2) is 0 Å². The van der Waals surface area contributed by atoms with Gasteiger partial charge in [-0.15, -0.1) is 11.8 Å². The first-order valence-electron chi connectivity index (χ1n) is 7.04. The van der Waals surface area contributed by atoms with E-state index < -0.39 is 10.7 Å². The Bertz CT molecular complexity index is 779. The maximum absolute atomic E-state index is 13.5. The number of nitro groups is 1. The first kappa shape index (κ1) is 18.9. The number of carbonyl (C=O) groups excluding carboxylic acids is 1. The SMILES string of the molecule is O=C(CSCc1ccc([N+](=O)[O-])cc1)N/N=C/c1c(F)cccc1Cl. The lowest BCUT2D eigenvalue weighted by molar-refractivity contribution is -0.384. The number of carbonyl (C=O) groups is 1. The van der Waals surface area contributed by atoms with Crippen LogP contribution in [0.2, 0.25) is 5.02 Å². The lowest BCUT2D eigenvalue weighted by atomic mass is 10.2. The quantitative estimate of drug-likeness (QED) is 0.449. The van der Waals surface area contributed by atoms with Crippen molar-refractivity contribution in [1.29, 1.82) is 0 Å². The van der Waals surface area contributed by atoms with Crippen LogP contribution in [0.1, 0.15) is 11.1 Å². The summed E-state index contributed by atoms with van der Waals surface area (Å²) in [5.74, 6) is -0.221. The van der Waals surface area contributed by atoms with Crippen LogP contribution < -0.4 is 5.43 Å². The molecule has 1 amide bonds. The molecule has 0 spiro atoms. The normalized spacial score (nSPS) is 10.8. The van der Waals surface area contributed by atoms with E-state index in [1.807, 2.05) is 0 Å². The van der Waals surface area contributed by atoms with E-state index >= 15 is 0 Å². The molecule has 9 heteroatoms. The summed E-state index contributed by atoms with van der Waals surface area (Å²) < 4.78 is 13.5. The van der Waals surface area contributed by atoms with Crippen molar-refractivity contribution in [1.82, 2.24) is 5.43 Å². The third kappa shape index (κ3) is 5.84. The van der Waals surface area contributed by atoms with Crippen molar-refractivity contribution in [2.45, 2.75) is 5.75 Å². The second-order valence-corrected chi connectivity index (χ2v) is 6.24. The monoisotopic (exact) mass is 381 g/mol. The minimum Gasteiger partial charge on any atom is -0.272 e. The van der Waals surface area contributed by atoms with Crippen LogP contribution in [0.5, 0.6) is 0 Å². The summed E-state index contributed by atoms with van der Waals surface area (Å²) in [4.78, 5) is 21.8. The highest BCUT2D eigenvalue weighted by atomic mass is 35.5. The fraction of sp³-hybridized carbons (Fsp3) is 0.125. The predicted molar refractivity (Wildman–Crippen MR) is 96.4 cm³/mol. The first-order valence-corrected chi connectivity index (χ1v) is 8.57. The number of hydrogen-bond donors (Lipinski definition) is 1. The van der Waals surface area contributed by atoms with Gasteiger partial charge in [-0.25, -0.2) is 9.82 Å². The van der Waals surface area contributed by atoms with Gasteiger partial charge in [0.25, 0.3) is 5.69 Å². The molecule has 2 aromatic rings. The molecule has 0 aliphatic rings. The number of non-ortho nitro benzene ring substituents is 1. The lowest BCUT2D eigenvalue weighted by Crippen LogP contribution is -2.19. The molecule has 2 aromatic carbocycles. The summed E-state index contributed by atoms with van der Waals surface area (Å²) in [5.41, 5.74) is 3.28. The van der Waals surface area contributed by atoms with Crippen LogP contribution in [-0.2, 0) is 10.5 Å². The van der Waals surface area contributed by atoms with Crippen molar-refractivity contribution in [3.8, 4) is 0 Å². The Labute approximate surface area is 152 Å². The van der Waals surface area contributed by atoms with Crippen LogP contribution in [0.25, 0.3) is 0 Å². The molecule has 0 atom stereocenters. The molecule has 0 aliphatic heterocycles. The number of rotatable bonds is 7. The van der Waals surface area contributed by atoms with Crippen LogP contribution in [0.4, 0.5) is 10.1 Å². The largest absolute Gasteiger partial charge is 0.272 e. The number of hydrogen-bond acceptors (Lipinski definition) is 5. The zero-order valence-electron chi connectivity index (χ0n) is 12.8. The van der Waals surface area contributed by atoms with E-state index in [4.69, 9.17) is 11.6 Å². The van der Waals surface area contributed by atoms with E-state index in [2.05, 4.69) is 10.5 Å². The maximum Gasteiger partial charge on any atom is 0.269 e. The van der Waals surface area contributed by atoms with Crippen molar-refractivity contribution < 1.29 is 14.1 Å². The molecule has 2 rings (SSSR count). The van der Waals surface area contributed by atoms with Crippen LogP contribution in [0, 0.1) is 15.9 Å². The molecule has 0 radical (unpaired) electrons. The summed E-state index contributed by atoms with van der Waals surface area (Å²) in [6.45, 7) is 0. The van der Waals surface area contributed by atoms with Crippen molar-refractivity contribution >= 4 is 41.2 Å². The van der Waals surface area contributed by atoms with E-state index in [9.17, 15) is 19.3 Å². The third-order valence-electron chi connectivity index (χ3n) is 3.03. The Morgan fingerprint density at radius 1 is 1.32 bits per heavy atom. The Kier molecular flexibility index (Phi) is 6.91. The number of amides is 1. The number of halogens is 2. The molecule has 0 saturated heterocycles. The Morgan fingerprint density at radius 3 is 2.68 bits per heavy atom. The third-order valence-corrected chi connectivity index (χ3v) is 4.37. The van der Waals surface area contributed by atoms with Gasteiger partial charge in [-0.05, 0) is 17.7 Å². The number of nitro benzene ring substituents is 1. The van der Waals surface area contributed by atoms with E-state index in [1.54, 1.807) is 12.1 Å². The molecule has 0 bridgehead atoms. The molecule has 25 heavy (non-hydrogen) atoms. The van der Waals surface area contributed by atoms with Gasteiger partial charge in [0.1, 0.15) is 5.82 Å². The molecular formula is C16H13ClFN3O3S. The molecule has 0 heterocycles. The van der Waals surface area contributed by atoms with Gasteiger partial charge in [-0.2, -0.15) is 5.10 Å². The molecule has 1 N–H and O–H groups in total.